The number of hydrogen-bond acceptors (Lipinski definition) is 3. The number of nitrogens with one attached hydrogen (secondary N) is 1. The molecular weight excluding hydrogens is 436 g/mol. The summed E-state index contributed by atoms with van der Waals surface area (Å²) >= 11 is 5.97. The zero-order valence-corrected chi connectivity index (χ0v) is 19.1. The Kier molecular flexibility index (Phi) is 6.56. The number of pyridine rings is 1. The van der Waals surface area contributed by atoms with E-state index in [1.807, 2.05) is 61.0 Å². The first kappa shape index (κ1) is 22.3. The van der Waals surface area contributed by atoms with Gasteiger partial charge in [-0.3, -0.25) is 14.7 Å². The molecule has 0 aliphatic rings. The second-order valence-corrected chi connectivity index (χ2v) is 8.09. The van der Waals surface area contributed by atoms with Crippen LogP contribution in [0.5, 0.6) is 0 Å². The molecule has 4 rings (SSSR count). The predicted molar refractivity (Wildman–Crippen MR) is 131 cm³/mol. The molecule has 166 valence electrons. The van der Waals surface area contributed by atoms with Crippen LogP contribution in [0.15, 0.2) is 85.2 Å². The molecule has 0 saturated heterocycles. The van der Waals surface area contributed by atoms with Gasteiger partial charge in [0.25, 0.3) is 0 Å². The van der Waals surface area contributed by atoms with Gasteiger partial charge in [0.05, 0.1) is 24.1 Å². The van der Waals surface area contributed by atoms with Crippen LogP contribution in [0.1, 0.15) is 27.3 Å². The third kappa shape index (κ3) is 4.96. The molecule has 0 unspecified atom stereocenters. The third-order valence-electron chi connectivity index (χ3n) is 5.39. The van der Waals surface area contributed by atoms with Crippen LogP contribution in [0, 0.1) is 6.92 Å². The quantitative estimate of drug-likeness (QED) is 0.368. The van der Waals surface area contributed by atoms with Crippen LogP contribution in [0.4, 0.5) is 16.2 Å². The molecular formula is C26H23ClN4O2. The number of carbonyl (C=O) groups excluding carboxylic acids is 2. The fourth-order valence-electron chi connectivity index (χ4n) is 3.71. The third-order valence-corrected chi connectivity index (χ3v) is 5.64. The average Bonchev–Trinajstić information content (AvgIpc) is 3.11. The summed E-state index contributed by atoms with van der Waals surface area (Å²) in [4.78, 5) is 32.1. The first-order valence-corrected chi connectivity index (χ1v) is 10.8. The van der Waals surface area contributed by atoms with E-state index in [4.69, 9.17) is 11.6 Å². The molecule has 0 radical (unpaired) electrons. The van der Waals surface area contributed by atoms with Crippen molar-refractivity contribution in [2.24, 2.45) is 7.05 Å². The Bertz CT molecular complexity index is 1270. The van der Waals surface area contributed by atoms with Crippen LogP contribution in [0.2, 0.25) is 5.02 Å². The maximum Gasteiger partial charge on any atom is 0.326 e. The monoisotopic (exact) mass is 458 g/mol. The first-order valence-electron chi connectivity index (χ1n) is 10.4. The summed E-state index contributed by atoms with van der Waals surface area (Å²) in [5.74, 6) is -0.0976. The van der Waals surface area contributed by atoms with Crippen LogP contribution in [-0.2, 0) is 13.6 Å². The molecule has 0 atom stereocenters. The number of amides is 2. The van der Waals surface area contributed by atoms with Crippen molar-refractivity contribution < 1.29 is 9.59 Å². The number of aryl methyl sites for hydroxylation is 1. The van der Waals surface area contributed by atoms with Gasteiger partial charge >= 0.3 is 6.03 Å². The first-order chi connectivity index (χ1) is 15.9. The predicted octanol–water partition coefficient (Wildman–Crippen LogP) is 5.85. The van der Waals surface area contributed by atoms with Gasteiger partial charge in [0, 0.05) is 35.2 Å². The van der Waals surface area contributed by atoms with Crippen molar-refractivity contribution >= 4 is 34.8 Å². The van der Waals surface area contributed by atoms with Crippen molar-refractivity contribution in [3.63, 3.8) is 0 Å². The molecule has 7 heteroatoms. The summed E-state index contributed by atoms with van der Waals surface area (Å²) in [6.45, 7) is 2.15. The number of urea groups is 1. The van der Waals surface area contributed by atoms with Crippen LogP contribution < -0.4 is 10.2 Å². The Hall–Kier alpha value is -3.90. The summed E-state index contributed by atoms with van der Waals surface area (Å²) in [5.41, 5.74) is 4.12. The van der Waals surface area contributed by atoms with E-state index in [0.29, 0.717) is 27.7 Å². The molecule has 0 fully saturated rings. The standard InChI is InChI=1S/C26H23ClN4O2/c1-18-15-23(30(2)24(18)25(32)19-10-12-20(27)13-11-19)17-31(22-9-6-14-28-16-22)26(33)29-21-7-4-3-5-8-21/h3-16H,17H2,1-2H3,(H,29,33). The molecule has 0 saturated carbocycles. The lowest BCUT2D eigenvalue weighted by molar-refractivity contribution is 0.103. The van der Waals surface area contributed by atoms with Crippen LogP contribution in [-0.4, -0.2) is 21.4 Å². The van der Waals surface area contributed by atoms with Crippen molar-refractivity contribution in [3.05, 3.63) is 113 Å². The Morgan fingerprint density at radius 3 is 2.42 bits per heavy atom. The van der Waals surface area contributed by atoms with Gasteiger partial charge in [-0.15, -0.1) is 0 Å². The number of ketones is 1. The van der Waals surface area contributed by atoms with Gasteiger partial charge in [0.2, 0.25) is 5.78 Å². The maximum absolute atomic E-state index is 13.2. The van der Waals surface area contributed by atoms with Gasteiger partial charge in [-0.25, -0.2) is 4.79 Å². The fraction of sp³-hybridized carbons (Fsp3) is 0.115. The van der Waals surface area contributed by atoms with Crippen molar-refractivity contribution in [3.8, 4) is 0 Å². The summed E-state index contributed by atoms with van der Waals surface area (Å²) in [6, 6.07) is 21.3. The molecule has 4 aromatic rings. The number of anilines is 2. The number of nitrogens with zero attached hydrogens (tertiary/aromatic N) is 3. The van der Waals surface area contributed by atoms with E-state index in [2.05, 4.69) is 10.3 Å². The number of carbonyl (C=O) groups is 2. The van der Waals surface area contributed by atoms with Crippen molar-refractivity contribution in [1.29, 1.82) is 0 Å². The molecule has 6 nitrogen and oxygen atoms in total. The minimum absolute atomic E-state index is 0.0976. The summed E-state index contributed by atoms with van der Waals surface area (Å²) < 4.78 is 1.84. The van der Waals surface area contributed by atoms with Gasteiger partial charge < -0.3 is 9.88 Å². The van der Waals surface area contributed by atoms with Gasteiger partial charge in [-0.2, -0.15) is 0 Å². The summed E-state index contributed by atoms with van der Waals surface area (Å²) in [5, 5.41) is 3.50. The molecule has 2 aromatic heterocycles. The van der Waals surface area contributed by atoms with Crippen LogP contribution in [0.25, 0.3) is 0 Å². The lowest BCUT2D eigenvalue weighted by atomic mass is 10.1. The van der Waals surface area contributed by atoms with Crippen LogP contribution in [0.3, 0.4) is 0 Å². The zero-order chi connectivity index (χ0) is 23.4. The highest BCUT2D eigenvalue weighted by Crippen LogP contribution is 2.23. The molecule has 0 aliphatic heterocycles. The van der Waals surface area contributed by atoms with Crippen LogP contribution >= 0.6 is 11.6 Å². The highest BCUT2D eigenvalue weighted by atomic mass is 35.5. The topological polar surface area (TPSA) is 67.2 Å². The molecule has 0 aliphatic carbocycles. The normalized spacial score (nSPS) is 10.6. The molecule has 2 amide bonds. The van der Waals surface area contributed by atoms with E-state index in [9.17, 15) is 9.59 Å². The maximum atomic E-state index is 13.2. The minimum Gasteiger partial charge on any atom is -0.343 e. The van der Waals surface area contributed by atoms with Gasteiger partial charge in [-0.1, -0.05) is 29.8 Å². The molecule has 2 heterocycles. The fourth-order valence-corrected chi connectivity index (χ4v) is 3.84. The summed E-state index contributed by atoms with van der Waals surface area (Å²) in [6.07, 6.45) is 3.30. The molecule has 1 N–H and O–H groups in total. The second kappa shape index (κ2) is 9.71. The van der Waals surface area contributed by atoms with E-state index < -0.39 is 0 Å². The lowest BCUT2D eigenvalue weighted by Gasteiger charge is -2.23. The number of aromatic nitrogens is 2. The molecule has 33 heavy (non-hydrogen) atoms. The SMILES string of the molecule is Cc1cc(CN(C(=O)Nc2ccccc2)c2cccnc2)n(C)c1C(=O)c1ccc(Cl)cc1. The largest absolute Gasteiger partial charge is 0.343 e. The zero-order valence-electron chi connectivity index (χ0n) is 18.3. The van der Waals surface area contributed by atoms with Crippen molar-refractivity contribution in [1.82, 2.24) is 9.55 Å². The lowest BCUT2D eigenvalue weighted by Crippen LogP contribution is -2.35. The average molecular weight is 459 g/mol. The Morgan fingerprint density at radius 2 is 1.76 bits per heavy atom. The van der Waals surface area contributed by atoms with E-state index >= 15 is 0 Å². The van der Waals surface area contributed by atoms with Gasteiger partial charge in [-0.05, 0) is 67.1 Å². The van der Waals surface area contributed by atoms with Gasteiger partial charge in [0.15, 0.2) is 0 Å². The Balaban J connectivity index is 1.65. The molecule has 0 bridgehead atoms. The van der Waals surface area contributed by atoms with E-state index in [1.165, 1.54) is 0 Å². The number of hydrogen-bond donors (Lipinski definition) is 1. The number of rotatable bonds is 6. The second-order valence-electron chi connectivity index (χ2n) is 7.66. The summed E-state index contributed by atoms with van der Waals surface area (Å²) in [7, 11) is 1.84. The molecule has 0 spiro atoms. The van der Waals surface area contributed by atoms with E-state index in [-0.39, 0.29) is 18.4 Å². The van der Waals surface area contributed by atoms with E-state index in [1.54, 1.807) is 47.6 Å². The van der Waals surface area contributed by atoms with E-state index in [0.717, 1.165) is 11.3 Å². The van der Waals surface area contributed by atoms with Gasteiger partial charge in [0.1, 0.15) is 0 Å². The van der Waals surface area contributed by atoms with Crippen molar-refractivity contribution in [2.45, 2.75) is 13.5 Å². The number of para-hydroxylation sites is 1. The number of benzene rings is 2. The minimum atomic E-state index is -0.293. The number of halogens is 1. The highest BCUT2D eigenvalue weighted by molar-refractivity contribution is 6.30. The Labute approximate surface area is 197 Å². The van der Waals surface area contributed by atoms with Crippen molar-refractivity contribution in [2.75, 3.05) is 10.2 Å². The molecule has 2 aromatic carbocycles. The smallest absolute Gasteiger partial charge is 0.326 e. The Morgan fingerprint density at radius 1 is 1.03 bits per heavy atom. The highest BCUT2D eigenvalue weighted by Gasteiger charge is 2.23.